The van der Waals surface area contributed by atoms with E-state index in [1.807, 2.05) is 12.1 Å². The zero-order valence-corrected chi connectivity index (χ0v) is 14.5. The average molecular weight is 344 g/mol. The Labute approximate surface area is 146 Å². The molecule has 0 spiro atoms. The van der Waals surface area contributed by atoms with E-state index in [9.17, 15) is 9.59 Å². The van der Waals surface area contributed by atoms with Gasteiger partial charge in [0.15, 0.2) is 0 Å². The van der Waals surface area contributed by atoms with Crippen molar-refractivity contribution in [2.45, 2.75) is 32.7 Å². The van der Waals surface area contributed by atoms with Crippen LogP contribution in [0.2, 0.25) is 0 Å². The van der Waals surface area contributed by atoms with Gasteiger partial charge in [0.05, 0.1) is 18.7 Å². The van der Waals surface area contributed by atoms with E-state index in [1.165, 1.54) is 6.07 Å². The van der Waals surface area contributed by atoms with Crippen molar-refractivity contribution >= 4 is 5.91 Å². The Bertz CT molecular complexity index is 754. The summed E-state index contributed by atoms with van der Waals surface area (Å²) in [6, 6.07) is 5.30. The molecule has 134 valence electrons. The van der Waals surface area contributed by atoms with Gasteiger partial charge in [-0.1, -0.05) is 0 Å². The van der Waals surface area contributed by atoms with E-state index in [0.29, 0.717) is 24.5 Å². The lowest BCUT2D eigenvalue weighted by Crippen LogP contribution is -2.43. The Morgan fingerprint density at radius 3 is 3.16 bits per heavy atom. The first-order valence-corrected chi connectivity index (χ1v) is 8.69. The van der Waals surface area contributed by atoms with E-state index in [1.54, 1.807) is 13.2 Å². The van der Waals surface area contributed by atoms with Gasteiger partial charge in [-0.15, -0.1) is 0 Å². The number of hydrogen-bond donors (Lipinski definition) is 2. The second-order valence-electron chi connectivity index (χ2n) is 6.53. The topological polar surface area (TPSA) is 91.2 Å². The standard InChI is InChI=1S/C18H24N4O3/c1-13-10-17(23)21-16(20-13)6-7-19-18(24)14-4-2-8-22(11-14)12-15-5-3-9-25-15/h3,5,9-10,14H,2,4,6-8,11-12H2,1H3,(H,19,24)(H,20,21,23)/t14-/m1/s1. The molecule has 1 atom stereocenters. The highest BCUT2D eigenvalue weighted by Crippen LogP contribution is 2.19. The second-order valence-corrected chi connectivity index (χ2v) is 6.53. The molecule has 2 aromatic rings. The molecule has 1 fully saturated rings. The molecule has 1 aliphatic rings. The number of amides is 1. The number of piperidine rings is 1. The van der Waals surface area contributed by atoms with Crippen LogP contribution in [0.5, 0.6) is 0 Å². The number of aryl methyl sites for hydroxylation is 1. The number of rotatable bonds is 6. The summed E-state index contributed by atoms with van der Waals surface area (Å²) >= 11 is 0. The summed E-state index contributed by atoms with van der Waals surface area (Å²) in [5, 5.41) is 2.97. The minimum absolute atomic E-state index is 0.00627. The number of aromatic nitrogens is 2. The Hall–Kier alpha value is -2.41. The van der Waals surface area contributed by atoms with Crippen LogP contribution in [0.4, 0.5) is 0 Å². The van der Waals surface area contributed by atoms with Gasteiger partial charge in [-0.05, 0) is 38.4 Å². The van der Waals surface area contributed by atoms with Gasteiger partial charge >= 0.3 is 0 Å². The smallest absolute Gasteiger partial charge is 0.251 e. The molecule has 3 heterocycles. The molecule has 0 radical (unpaired) electrons. The van der Waals surface area contributed by atoms with Crippen molar-refractivity contribution in [1.82, 2.24) is 20.2 Å². The largest absolute Gasteiger partial charge is 0.468 e. The molecule has 7 nitrogen and oxygen atoms in total. The predicted molar refractivity (Wildman–Crippen MR) is 93.0 cm³/mol. The Kier molecular flexibility index (Phi) is 5.65. The molecule has 25 heavy (non-hydrogen) atoms. The van der Waals surface area contributed by atoms with Crippen LogP contribution in [0.15, 0.2) is 33.7 Å². The maximum Gasteiger partial charge on any atom is 0.251 e. The third kappa shape index (κ3) is 5.03. The molecule has 2 aromatic heterocycles. The molecule has 0 aromatic carbocycles. The predicted octanol–water partition coefficient (Wildman–Crippen LogP) is 1.24. The van der Waals surface area contributed by atoms with Crippen molar-refractivity contribution in [2.24, 2.45) is 5.92 Å². The molecular weight excluding hydrogens is 320 g/mol. The summed E-state index contributed by atoms with van der Waals surface area (Å²) in [7, 11) is 0. The van der Waals surface area contributed by atoms with Gasteiger partial charge in [-0.25, -0.2) is 4.98 Å². The van der Waals surface area contributed by atoms with Crippen LogP contribution >= 0.6 is 0 Å². The summed E-state index contributed by atoms with van der Waals surface area (Å²) in [4.78, 5) is 33.1. The number of hydrogen-bond acceptors (Lipinski definition) is 5. The first-order chi connectivity index (χ1) is 12.1. The molecule has 0 bridgehead atoms. The molecule has 1 amide bonds. The van der Waals surface area contributed by atoms with Crippen LogP contribution in [-0.4, -0.2) is 40.4 Å². The minimum Gasteiger partial charge on any atom is -0.468 e. The summed E-state index contributed by atoms with van der Waals surface area (Å²) in [6.45, 7) is 4.73. The van der Waals surface area contributed by atoms with E-state index in [0.717, 1.165) is 38.2 Å². The maximum atomic E-state index is 12.4. The molecular formula is C18H24N4O3. The number of nitrogens with one attached hydrogen (secondary N) is 2. The Morgan fingerprint density at radius 1 is 1.52 bits per heavy atom. The van der Waals surface area contributed by atoms with Gasteiger partial charge in [0.25, 0.3) is 5.56 Å². The normalized spacial score (nSPS) is 18.2. The first-order valence-electron chi connectivity index (χ1n) is 8.69. The van der Waals surface area contributed by atoms with Gasteiger partial charge in [-0.2, -0.15) is 0 Å². The van der Waals surface area contributed by atoms with Crippen molar-refractivity contribution in [2.75, 3.05) is 19.6 Å². The van der Waals surface area contributed by atoms with Gasteiger partial charge in [0.2, 0.25) is 5.91 Å². The highest BCUT2D eigenvalue weighted by molar-refractivity contribution is 5.78. The fourth-order valence-corrected chi connectivity index (χ4v) is 3.24. The molecule has 0 unspecified atom stereocenters. The van der Waals surface area contributed by atoms with Crippen LogP contribution < -0.4 is 10.9 Å². The molecule has 0 aliphatic carbocycles. The van der Waals surface area contributed by atoms with Gasteiger partial charge in [0, 0.05) is 31.3 Å². The molecule has 1 aliphatic heterocycles. The van der Waals surface area contributed by atoms with Gasteiger partial charge in [-0.3, -0.25) is 14.5 Å². The number of H-pyrrole nitrogens is 1. The number of nitrogens with zero attached hydrogens (tertiary/aromatic N) is 2. The van der Waals surface area contributed by atoms with Crippen LogP contribution in [0, 0.1) is 12.8 Å². The van der Waals surface area contributed by atoms with E-state index in [-0.39, 0.29) is 17.4 Å². The van der Waals surface area contributed by atoms with E-state index >= 15 is 0 Å². The highest BCUT2D eigenvalue weighted by Gasteiger charge is 2.25. The number of likely N-dealkylation sites (tertiary alicyclic amines) is 1. The van der Waals surface area contributed by atoms with Crippen molar-refractivity contribution in [3.8, 4) is 0 Å². The summed E-state index contributed by atoms with van der Waals surface area (Å²) in [5.41, 5.74) is 0.528. The lowest BCUT2D eigenvalue weighted by atomic mass is 9.97. The third-order valence-corrected chi connectivity index (χ3v) is 4.42. The SMILES string of the molecule is Cc1cc(=O)[nH]c(CCNC(=O)[C@@H]2CCCN(Cc3ccco3)C2)n1. The summed E-state index contributed by atoms with van der Waals surface area (Å²) in [5.74, 6) is 1.59. The molecule has 0 saturated carbocycles. The fourth-order valence-electron chi connectivity index (χ4n) is 3.24. The van der Waals surface area contributed by atoms with Crippen LogP contribution in [0.3, 0.4) is 0 Å². The number of carbonyl (C=O) groups excluding carboxylic acids is 1. The lowest BCUT2D eigenvalue weighted by Gasteiger charge is -2.31. The minimum atomic E-state index is -0.158. The second kappa shape index (κ2) is 8.11. The number of carbonyl (C=O) groups is 1. The zero-order chi connectivity index (χ0) is 17.6. The summed E-state index contributed by atoms with van der Waals surface area (Å²) < 4.78 is 5.39. The van der Waals surface area contributed by atoms with E-state index in [2.05, 4.69) is 20.2 Å². The summed E-state index contributed by atoms with van der Waals surface area (Å²) in [6.07, 6.45) is 4.10. The van der Waals surface area contributed by atoms with Crippen molar-refractivity contribution in [3.05, 3.63) is 52.1 Å². The molecule has 3 rings (SSSR count). The number of aromatic amines is 1. The van der Waals surface area contributed by atoms with Crippen LogP contribution in [0.1, 0.15) is 30.1 Å². The molecule has 1 saturated heterocycles. The quantitative estimate of drug-likeness (QED) is 0.823. The first kappa shape index (κ1) is 17.4. The van der Waals surface area contributed by atoms with Crippen molar-refractivity contribution in [3.63, 3.8) is 0 Å². The molecule has 7 heteroatoms. The third-order valence-electron chi connectivity index (χ3n) is 4.42. The monoisotopic (exact) mass is 344 g/mol. The van der Waals surface area contributed by atoms with Gasteiger partial charge in [0.1, 0.15) is 11.6 Å². The van der Waals surface area contributed by atoms with Crippen LogP contribution in [0.25, 0.3) is 0 Å². The van der Waals surface area contributed by atoms with Gasteiger partial charge < -0.3 is 14.7 Å². The highest BCUT2D eigenvalue weighted by atomic mass is 16.3. The Morgan fingerprint density at radius 2 is 2.40 bits per heavy atom. The van der Waals surface area contributed by atoms with Crippen molar-refractivity contribution in [1.29, 1.82) is 0 Å². The fraction of sp³-hybridized carbons (Fsp3) is 0.500. The van der Waals surface area contributed by atoms with Crippen LogP contribution in [-0.2, 0) is 17.8 Å². The van der Waals surface area contributed by atoms with Crippen molar-refractivity contribution < 1.29 is 9.21 Å². The maximum absolute atomic E-state index is 12.4. The number of furan rings is 1. The van der Waals surface area contributed by atoms with E-state index in [4.69, 9.17) is 4.42 Å². The zero-order valence-electron chi connectivity index (χ0n) is 14.5. The Balaban J connectivity index is 1.46. The lowest BCUT2D eigenvalue weighted by molar-refractivity contribution is -0.126. The molecule has 2 N–H and O–H groups in total. The average Bonchev–Trinajstić information content (AvgIpc) is 3.07. The van der Waals surface area contributed by atoms with E-state index < -0.39 is 0 Å².